The molecule has 0 unspecified atom stereocenters. The summed E-state index contributed by atoms with van der Waals surface area (Å²) in [6.07, 6.45) is 0. The fourth-order valence-electron chi connectivity index (χ4n) is 3.32. The lowest BCUT2D eigenvalue weighted by Gasteiger charge is -2.11. The molecule has 4 rings (SSSR count). The number of nitrogens with one attached hydrogen (secondary N) is 1. The Bertz CT molecular complexity index is 1250. The van der Waals surface area contributed by atoms with Crippen molar-refractivity contribution >= 4 is 5.91 Å². The molecule has 0 atom stereocenters. The molecule has 0 radical (unpaired) electrons. The number of benzene rings is 3. The lowest BCUT2D eigenvalue weighted by molar-refractivity contribution is 0.0910. The highest BCUT2D eigenvalue weighted by molar-refractivity contribution is 5.93. The van der Waals surface area contributed by atoms with Gasteiger partial charge in [0.2, 0.25) is 16.9 Å². The van der Waals surface area contributed by atoms with E-state index >= 15 is 0 Å². The van der Waals surface area contributed by atoms with E-state index in [1.54, 1.807) is 6.92 Å². The topological polar surface area (TPSA) is 68.5 Å². The zero-order valence-electron chi connectivity index (χ0n) is 17.7. The first-order valence-electron chi connectivity index (χ1n) is 10.3. The Labute approximate surface area is 186 Å². The molecule has 32 heavy (non-hydrogen) atoms. The molecule has 0 fully saturated rings. The van der Waals surface area contributed by atoms with E-state index in [1.807, 2.05) is 84.9 Å². The minimum absolute atomic E-state index is 0.0867. The van der Waals surface area contributed by atoms with Gasteiger partial charge in [0.1, 0.15) is 12.4 Å². The maximum Gasteiger partial charge on any atom is 0.291 e. The van der Waals surface area contributed by atoms with Crippen molar-refractivity contribution in [2.75, 3.05) is 0 Å². The molecule has 0 spiro atoms. The quantitative estimate of drug-likeness (QED) is 0.446. The number of aryl methyl sites for hydroxylation is 1. The summed E-state index contributed by atoms with van der Waals surface area (Å²) in [6, 6.07) is 28.8. The van der Waals surface area contributed by atoms with E-state index in [-0.39, 0.29) is 23.5 Å². The smallest absolute Gasteiger partial charge is 0.291 e. The lowest BCUT2D eigenvalue weighted by atomic mass is 10.0. The molecule has 0 saturated carbocycles. The number of amides is 1. The van der Waals surface area contributed by atoms with Crippen LogP contribution in [0, 0.1) is 6.92 Å². The molecule has 0 aliphatic heterocycles. The summed E-state index contributed by atoms with van der Waals surface area (Å²) in [5.74, 6) is -0.358. The maximum absolute atomic E-state index is 12.8. The molecule has 3 aromatic carbocycles. The molecule has 1 heterocycles. The van der Waals surface area contributed by atoms with E-state index in [4.69, 9.17) is 9.15 Å². The summed E-state index contributed by atoms with van der Waals surface area (Å²) in [4.78, 5) is 25.3. The molecular formula is C27H23NO4. The third kappa shape index (κ3) is 5.13. The van der Waals surface area contributed by atoms with Crippen molar-refractivity contribution in [3.8, 4) is 16.9 Å². The molecule has 0 aliphatic carbocycles. The van der Waals surface area contributed by atoms with Gasteiger partial charge in [-0.05, 0) is 29.2 Å². The summed E-state index contributed by atoms with van der Waals surface area (Å²) in [5.41, 5.74) is 3.66. The van der Waals surface area contributed by atoms with Gasteiger partial charge in [0.25, 0.3) is 5.91 Å². The number of rotatable bonds is 7. The second kappa shape index (κ2) is 9.79. The van der Waals surface area contributed by atoms with Crippen LogP contribution in [-0.4, -0.2) is 5.91 Å². The molecule has 5 heteroatoms. The van der Waals surface area contributed by atoms with Gasteiger partial charge in [-0.2, -0.15) is 0 Å². The summed E-state index contributed by atoms with van der Waals surface area (Å²) in [6.45, 7) is 2.08. The van der Waals surface area contributed by atoms with Gasteiger partial charge in [-0.25, -0.2) is 0 Å². The van der Waals surface area contributed by atoms with Crippen molar-refractivity contribution in [1.29, 1.82) is 0 Å². The van der Waals surface area contributed by atoms with E-state index in [1.165, 1.54) is 6.07 Å². The fourth-order valence-corrected chi connectivity index (χ4v) is 3.32. The molecule has 1 N–H and O–H groups in total. The van der Waals surface area contributed by atoms with Gasteiger partial charge in [0.15, 0.2) is 0 Å². The van der Waals surface area contributed by atoms with Gasteiger partial charge in [-0.15, -0.1) is 0 Å². The Balaban J connectivity index is 1.46. The second-order valence-corrected chi connectivity index (χ2v) is 7.40. The molecule has 5 nitrogen and oxygen atoms in total. The SMILES string of the molecule is Cc1cc(=O)c(OCc2ccccc2)c(C(=O)NCc2ccc(-c3ccccc3)cc2)o1. The third-order valence-electron chi connectivity index (χ3n) is 4.97. The van der Waals surface area contributed by atoms with Crippen molar-refractivity contribution in [2.24, 2.45) is 0 Å². The number of ether oxygens (including phenoxy) is 1. The number of carbonyl (C=O) groups excluding carboxylic acids is 1. The average molecular weight is 425 g/mol. The normalized spacial score (nSPS) is 10.5. The van der Waals surface area contributed by atoms with E-state index in [0.29, 0.717) is 12.3 Å². The molecule has 0 saturated heterocycles. The van der Waals surface area contributed by atoms with Crippen LogP contribution in [0.15, 0.2) is 100 Å². The van der Waals surface area contributed by atoms with E-state index < -0.39 is 5.91 Å². The minimum Gasteiger partial charge on any atom is -0.481 e. The average Bonchev–Trinajstić information content (AvgIpc) is 2.83. The molecule has 1 aromatic heterocycles. The van der Waals surface area contributed by atoms with Gasteiger partial charge in [-0.3, -0.25) is 9.59 Å². The van der Waals surface area contributed by atoms with Crippen LogP contribution in [0.5, 0.6) is 5.75 Å². The van der Waals surface area contributed by atoms with Crippen molar-refractivity contribution in [3.05, 3.63) is 124 Å². The monoisotopic (exact) mass is 425 g/mol. The molecule has 1 amide bonds. The van der Waals surface area contributed by atoms with Crippen molar-refractivity contribution < 1.29 is 13.9 Å². The first kappa shape index (κ1) is 21.1. The highest BCUT2D eigenvalue weighted by atomic mass is 16.5. The Morgan fingerprint density at radius 3 is 2.16 bits per heavy atom. The molecule has 0 aliphatic rings. The number of carbonyl (C=O) groups is 1. The number of hydrogen-bond acceptors (Lipinski definition) is 4. The van der Waals surface area contributed by atoms with Crippen LogP contribution in [0.4, 0.5) is 0 Å². The van der Waals surface area contributed by atoms with Crippen molar-refractivity contribution in [2.45, 2.75) is 20.1 Å². The molecule has 0 bridgehead atoms. The van der Waals surface area contributed by atoms with E-state index in [0.717, 1.165) is 22.3 Å². The molecule has 4 aromatic rings. The number of hydrogen-bond donors (Lipinski definition) is 1. The summed E-state index contributed by atoms with van der Waals surface area (Å²) < 4.78 is 11.2. The van der Waals surface area contributed by atoms with Gasteiger partial charge in [-0.1, -0.05) is 84.9 Å². The molecule has 160 valence electrons. The Morgan fingerprint density at radius 2 is 1.47 bits per heavy atom. The Kier molecular flexibility index (Phi) is 6.46. The predicted molar refractivity (Wildman–Crippen MR) is 124 cm³/mol. The van der Waals surface area contributed by atoms with E-state index in [2.05, 4.69) is 5.32 Å². The summed E-state index contributed by atoms with van der Waals surface area (Å²) >= 11 is 0. The van der Waals surface area contributed by atoms with Gasteiger partial charge in [0.05, 0.1) is 0 Å². The highest BCUT2D eigenvalue weighted by Gasteiger charge is 2.20. The van der Waals surface area contributed by atoms with Crippen LogP contribution >= 0.6 is 0 Å². The first-order chi connectivity index (χ1) is 15.6. The Hall–Kier alpha value is -4.12. The maximum atomic E-state index is 12.8. The van der Waals surface area contributed by atoms with Gasteiger partial charge < -0.3 is 14.5 Å². The van der Waals surface area contributed by atoms with E-state index in [9.17, 15) is 9.59 Å². The largest absolute Gasteiger partial charge is 0.481 e. The van der Waals surface area contributed by atoms with Crippen molar-refractivity contribution in [1.82, 2.24) is 5.32 Å². The standard InChI is InChI=1S/C27H23NO4/c1-19-16-24(29)25(31-18-21-8-4-2-5-9-21)26(32-19)27(30)28-17-20-12-14-23(15-13-20)22-10-6-3-7-11-22/h2-16H,17-18H2,1H3,(H,28,30). The van der Waals surface area contributed by atoms with Crippen LogP contribution in [0.25, 0.3) is 11.1 Å². The second-order valence-electron chi connectivity index (χ2n) is 7.40. The van der Waals surface area contributed by atoms with Crippen LogP contribution in [-0.2, 0) is 13.2 Å². The third-order valence-corrected chi connectivity index (χ3v) is 4.97. The van der Waals surface area contributed by atoms with Crippen LogP contribution in [0.3, 0.4) is 0 Å². The van der Waals surface area contributed by atoms with Crippen LogP contribution in [0.2, 0.25) is 0 Å². The minimum atomic E-state index is -0.499. The van der Waals surface area contributed by atoms with Gasteiger partial charge in [0, 0.05) is 12.6 Å². The highest BCUT2D eigenvalue weighted by Crippen LogP contribution is 2.20. The van der Waals surface area contributed by atoms with Crippen LogP contribution in [0.1, 0.15) is 27.4 Å². The zero-order chi connectivity index (χ0) is 22.3. The predicted octanol–water partition coefficient (Wildman–Crippen LogP) is 5.12. The van der Waals surface area contributed by atoms with Crippen molar-refractivity contribution in [3.63, 3.8) is 0 Å². The summed E-state index contributed by atoms with van der Waals surface area (Å²) in [7, 11) is 0. The fraction of sp³-hybridized carbons (Fsp3) is 0.111. The molecular weight excluding hydrogens is 402 g/mol. The zero-order valence-corrected chi connectivity index (χ0v) is 17.7. The summed E-state index contributed by atoms with van der Waals surface area (Å²) in [5, 5.41) is 2.82. The lowest BCUT2D eigenvalue weighted by Crippen LogP contribution is -2.25. The van der Waals surface area contributed by atoms with Crippen LogP contribution < -0.4 is 15.5 Å². The Morgan fingerprint density at radius 1 is 0.844 bits per heavy atom. The first-order valence-corrected chi connectivity index (χ1v) is 10.3. The van der Waals surface area contributed by atoms with Gasteiger partial charge >= 0.3 is 0 Å².